The number of carboxylic acid groups (broad SMARTS) is 1. The average molecular weight is 292 g/mol. The van der Waals surface area contributed by atoms with E-state index < -0.39 is 5.97 Å². The van der Waals surface area contributed by atoms with Gasteiger partial charge in [0.25, 0.3) is 0 Å². The molecule has 4 nitrogen and oxygen atoms in total. The van der Waals surface area contributed by atoms with Crippen LogP contribution in [-0.4, -0.2) is 22.8 Å². The number of hydrogen-bond donors (Lipinski definition) is 2. The van der Waals surface area contributed by atoms with Crippen molar-refractivity contribution in [1.82, 2.24) is 0 Å². The number of aromatic carboxylic acids is 1. The number of aliphatic imine (C=N–C) groups is 1. The Labute approximate surface area is 99.9 Å². The van der Waals surface area contributed by atoms with Crippen molar-refractivity contribution in [3.8, 4) is 0 Å². The fourth-order valence-corrected chi connectivity index (χ4v) is 1.54. The van der Waals surface area contributed by atoms with Crippen molar-refractivity contribution in [1.29, 1.82) is 0 Å². The Balaban J connectivity index is 3.07. The van der Waals surface area contributed by atoms with Crippen LogP contribution in [0.4, 0.5) is 5.69 Å². The smallest absolute Gasteiger partial charge is 0.336 e. The zero-order valence-electron chi connectivity index (χ0n) is 7.58. The van der Waals surface area contributed by atoms with Gasteiger partial charge < -0.3 is 10.8 Å². The molecule has 0 aromatic heterocycles. The van der Waals surface area contributed by atoms with Crippen LogP contribution in [0, 0.1) is 0 Å². The van der Waals surface area contributed by atoms with Crippen molar-refractivity contribution in [3.05, 3.63) is 28.2 Å². The summed E-state index contributed by atoms with van der Waals surface area (Å²) < 4.78 is 0.457. The summed E-state index contributed by atoms with van der Waals surface area (Å²) in [5.74, 6) is -0.576. The molecule has 0 bridgehead atoms. The SMILES string of the molecule is NC(CCl)=Nc1ccc(C(=O)O)c(Br)c1. The van der Waals surface area contributed by atoms with Crippen molar-refractivity contribution < 1.29 is 9.90 Å². The average Bonchev–Trinajstić information content (AvgIpc) is 2.17. The van der Waals surface area contributed by atoms with Gasteiger partial charge in [0.1, 0.15) is 5.84 Å². The molecular weight excluding hydrogens is 283 g/mol. The Morgan fingerprint density at radius 3 is 2.73 bits per heavy atom. The van der Waals surface area contributed by atoms with Gasteiger partial charge in [0.15, 0.2) is 0 Å². The second-order valence-electron chi connectivity index (χ2n) is 2.71. The molecule has 0 aliphatic carbocycles. The van der Waals surface area contributed by atoms with Crippen molar-refractivity contribution in [3.63, 3.8) is 0 Å². The van der Waals surface area contributed by atoms with Crippen LogP contribution >= 0.6 is 27.5 Å². The van der Waals surface area contributed by atoms with Crippen molar-refractivity contribution in [2.75, 3.05) is 5.88 Å². The fraction of sp³-hybridized carbons (Fsp3) is 0.111. The number of alkyl halides is 1. The number of rotatable bonds is 3. The van der Waals surface area contributed by atoms with Crippen LogP contribution in [0.1, 0.15) is 10.4 Å². The molecule has 0 aliphatic rings. The van der Waals surface area contributed by atoms with Crippen molar-refractivity contribution in [2.45, 2.75) is 0 Å². The molecule has 6 heteroatoms. The lowest BCUT2D eigenvalue weighted by atomic mass is 10.2. The number of amidine groups is 1. The summed E-state index contributed by atoms with van der Waals surface area (Å²) in [6.45, 7) is 0. The molecule has 1 aromatic rings. The van der Waals surface area contributed by atoms with E-state index >= 15 is 0 Å². The number of benzene rings is 1. The first-order valence-corrected chi connectivity index (χ1v) is 5.29. The molecule has 1 aromatic carbocycles. The van der Waals surface area contributed by atoms with Crippen LogP contribution in [0.15, 0.2) is 27.7 Å². The predicted molar refractivity (Wildman–Crippen MR) is 63.1 cm³/mol. The lowest BCUT2D eigenvalue weighted by molar-refractivity contribution is 0.0696. The maximum Gasteiger partial charge on any atom is 0.336 e. The van der Waals surface area contributed by atoms with Gasteiger partial charge in [-0.1, -0.05) is 0 Å². The highest BCUT2D eigenvalue weighted by Gasteiger charge is 2.07. The maximum atomic E-state index is 10.7. The number of hydrogen-bond acceptors (Lipinski definition) is 2. The molecule has 0 radical (unpaired) electrons. The first-order chi connectivity index (χ1) is 7.04. The van der Waals surface area contributed by atoms with Crippen LogP contribution in [0.3, 0.4) is 0 Å². The van der Waals surface area contributed by atoms with Gasteiger partial charge in [-0.25, -0.2) is 9.79 Å². The Morgan fingerprint density at radius 1 is 1.60 bits per heavy atom. The third-order valence-corrected chi connectivity index (χ3v) is 2.52. The van der Waals surface area contributed by atoms with E-state index in [0.717, 1.165) is 0 Å². The highest BCUT2D eigenvalue weighted by molar-refractivity contribution is 9.10. The van der Waals surface area contributed by atoms with E-state index in [4.69, 9.17) is 22.4 Å². The van der Waals surface area contributed by atoms with E-state index in [1.807, 2.05) is 0 Å². The van der Waals surface area contributed by atoms with Gasteiger partial charge in [0.2, 0.25) is 0 Å². The summed E-state index contributed by atoms with van der Waals surface area (Å²) in [6, 6.07) is 4.59. The Morgan fingerprint density at radius 2 is 2.27 bits per heavy atom. The molecule has 0 aliphatic heterocycles. The first-order valence-electron chi connectivity index (χ1n) is 3.96. The van der Waals surface area contributed by atoms with Crippen LogP contribution in [0.5, 0.6) is 0 Å². The molecule has 0 heterocycles. The molecule has 0 unspecified atom stereocenters. The van der Waals surface area contributed by atoms with E-state index in [1.165, 1.54) is 6.07 Å². The summed E-state index contributed by atoms with van der Waals surface area (Å²) in [5.41, 5.74) is 6.18. The van der Waals surface area contributed by atoms with E-state index in [1.54, 1.807) is 12.1 Å². The predicted octanol–water partition coefficient (Wildman–Crippen LogP) is 2.37. The van der Waals surface area contributed by atoms with Crippen LogP contribution in [0.2, 0.25) is 0 Å². The lowest BCUT2D eigenvalue weighted by Gasteiger charge is -2.01. The molecule has 0 amide bonds. The Kier molecular flexibility index (Phi) is 4.11. The third-order valence-electron chi connectivity index (χ3n) is 1.59. The van der Waals surface area contributed by atoms with Crippen LogP contribution in [-0.2, 0) is 0 Å². The monoisotopic (exact) mass is 290 g/mol. The van der Waals surface area contributed by atoms with Gasteiger partial charge >= 0.3 is 5.97 Å². The number of nitrogens with zero attached hydrogens (tertiary/aromatic N) is 1. The summed E-state index contributed by atoms with van der Waals surface area (Å²) in [6.07, 6.45) is 0. The zero-order valence-corrected chi connectivity index (χ0v) is 9.92. The topological polar surface area (TPSA) is 75.7 Å². The largest absolute Gasteiger partial charge is 0.478 e. The highest BCUT2D eigenvalue weighted by atomic mass is 79.9. The molecule has 0 fully saturated rings. The van der Waals surface area contributed by atoms with E-state index in [2.05, 4.69) is 20.9 Å². The highest BCUT2D eigenvalue weighted by Crippen LogP contribution is 2.23. The molecule has 0 saturated carbocycles. The Bertz CT molecular complexity index is 421. The molecule has 80 valence electrons. The molecule has 1 rings (SSSR count). The van der Waals surface area contributed by atoms with Gasteiger partial charge in [0, 0.05) is 4.47 Å². The molecule has 15 heavy (non-hydrogen) atoms. The maximum absolute atomic E-state index is 10.7. The van der Waals surface area contributed by atoms with Gasteiger partial charge in [-0.05, 0) is 34.1 Å². The van der Waals surface area contributed by atoms with Crippen LogP contribution in [0.25, 0.3) is 0 Å². The minimum atomic E-state index is -0.997. The molecular formula is C9H8BrClN2O2. The fourth-order valence-electron chi connectivity index (χ4n) is 0.943. The Hall–Kier alpha value is -1.07. The minimum absolute atomic E-state index is 0.137. The molecule has 3 N–H and O–H groups in total. The van der Waals surface area contributed by atoms with Crippen molar-refractivity contribution in [2.24, 2.45) is 10.7 Å². The second kappa shape index (κ2) is 5.14. The standard InChI is InChI=1S/C9H8BrClN2O2/c10-7-3-5(13-8(12)4-11)1-2-6(7)9(14)15/h1-3H,4H2,(H2,12,13)(H,14,15). The number of halogens is 2. The summed E-state index contributed by atoms with van der Waals surface area (Å²) in [7, 11) is 0. The normalized spacial score (nSPS) is 11.5. The van der Waals surface area contributed by atoms with Gasteiger partial charge in [-0.2, -0.15) is 0 Å². The molecule has 0 saturated heterocycles. The van der Waals surface area contributed by atoms with E-state index in [9.17, 15) is 4.79 Å². The molecule has 0 atom stereocenters. The minimum Gasteiger partial charge on any atom is -0.478 e. The summed E-state index contributed by atoms with van der Waals surface area (Å²) in [4.78, 5) is 14.7. The number of carbonyl (C=O) groups is 1. The quantitative estimate of drug-likeness (QED) is 0.510. The summed E-state index contributed by atoms with van der Waals surface area (Å²) in [5, 5.41) is 8.77. The van der Waals surface area contributed by atoms with Gasteiger partial charge in [-0.3, -0.25) is 0 Å². The number of nitrogens with two attached hydrogens (primary N) is 1. The van der Waals surface area contributed by atoms with Crippen molar-refractivity contribution >= 4 is 45.0 Å². The van der Waals surface area contributed by atoms with Crippen LogP contribution < -0.4 is 5.73 Å². The van der Waals surface area contributed by atoms with Gasteiger partial charge in [0.05, 0.1) is 17.1 Å². The summed E-state index contributed by atoms with van der Waals surface area (Å²) >= 11 is 8.60. The molecule has 0 spiro atoms. The van der Waals surface area contributed by atoms with E-state index in [-0.39, 0.29) is 17.3 Å². The van der Waals surface area contributed by atoms with E-state index in [0.29, 0.717) is 10.2 Å². The van der Waals surface area contributed by atoms with Gasteiger partial charge in [-0.15, -0.1) is 11.6 Å². The number of carboxylic acids is 1. The third kappa shape index (κ3) is 3.21. The first kappa shape index (κ1) is 12.0. The lowest BCUT2D eigenvalue weighted by Crippen LogP contribution is -2.12. The zero-order chi connectivity index (χ0) is 11.4. The second-order valence-corrected chi connectivity index (χ2v) is 3.83.